The van der Waals surface area contributed by atoms with E-state index in [1.54, 1.807) is 0 Å². The average molecular weight is 226 g/mol. The van der Waals surface area contributed by atoms with E-state index in [-0.39, 0.29) is 0 Å². The van der Waals surface area contributed by atoms with Crippen LogP contribution < -0.4 is 10.2 Å². The van der Waals surface area contributed by atoms with Crippen LogP contribution in [0.5, 0.6) is 0 Å². The van der Waals surface area contributed by atoms with Crippen LogP contribution in [0.2, 0.25) is 0 Å². The van der Waals surface area contributed by atoms with Crippen LogP contribution in [0.1, 0.15) is 26.6 Å². The van der Waals surface area contributed by atoms with Crippen molar-refractivity contribution in [2.45, 2.75) is 39.3 Å². The molecule has 1 aromatic rings. The SMILES string of the molecule is CCc1nsc(N2CC(C)NCC2C)n1. The van der Waals surface area contributed by atoms with Crippen LogP contribution in [0.4, 0.5) is 5.13 Å². The third-order valence-electron chi connectivity index (χ3n) is 2.78. The maximum atomic E-state index is 4.54. The molecule has 1 aliphatic heterocycles. The number of anilines is 1. The molecule has 0 bridgehead atoms. The van der Waals surface area contributed by atoms with Gasteiger partial charge >= 0.3 is 0 Å². The molecule has 2 atom stereocenters. The Morgan fingerprint density at radius 3 is 3.00 bits per heavy atom. The summed E-state index contributed by atoms with van der Waals surface area (Å²) in [6.07, 6.45) is 0.923. The van der Waals surface area contributed by atoms with Crippen molar-refractivity contribution < 1.29 is 0 Å². The zero-order valence-corrected chi connectivity index (χ0v) is 10.3. The third-order valence-corrected chi connectivity index (χ3v) is 3.57. The van der Waals surface area contributed by atoms with E-state index >= 15 is 0 Å². The third kappa shape index (κ3) is 2.29. The second kappa shape index (κ2) is 4.45. The molecule has 5 heteroatoms. The van der Waals surface area contributed by atoms with Crippen molar-refractivity contribution >= 4 is 16.7 Å². The molecular formula is C10H18N4S. The molecule has 0 aromatic carbocycles. The fraction of sp³-hybridized carbons (Fsp3) is 0.800. The lowest BCUT2D eigenvalue weighted by Gasteiger charge is -2.37. The maximum absolute atomic E-state index is 4.54. The van der Waals surface area contributed by atoms with Gasteiger partial charge in [0.15, 0.2) is 0 Å². The van der Waals surface area contributed by atoms with Crippen LogP contribution in [-0.4, -0.2) is 34.5 Å². The van der Waals surface area contributed by atoms with Gasteiger partial charge in [0, 0.05) is 43.1 Å². The number of nitrogens with one attached hydrogen (secondary N) is 1. The standard InChI is InChI=1S/C10H18N4S/c1-4-9-12-10(15-13-9)14-6-7(2)11-5-8(14)3/h7-8,11H,4-6H2,1-3H3. The predicted octanol–water partition coefficient (Wildman–Crippen LogP) is 1.29. The number of hydrogen-bond acceptors (Lipinski definition) is 5. The Morgan fingerprint density at radius 1 is 1.53 bits per heavy atom. The second-order valence-electron chi connectivity index (χ2n) is 4.16. The van der Waals surface area contributed by atoms with Crippen LogP contribution in [0.15, 0.2) is 0 Å². The molecule has 2 heterocycles. The van der Waals surface area contributed by atoms with Crippen molar-refractivity contribution in [2.75, 3.05) is 18.0 Å². The Morgan fingerprint density at radius 2 is 2.33 bits per heavy atom. The minimum Gasteiger partial charge on any atom is -0.341 e. The molecule has 1 fully saturated rings. The zero-order chi connectivity index (χ0) is 10.8. The highest BCUT2D eigenvalue weighted by atomic mass is 32.1. The minimum atomic E-state index is 0.513. The smallest absolute Gasteiger partial charge is 0.205 e. The van der Waals surface area contributed by atoms with Gasteiger partial charge in [-0.25, -0.2) is 4.98 Å². The largest absolute Gasteiger partial charge is 0.341 e. The molecule has 4 nitrogen and oxygen atoms in total. The molecular weight excluding hydrogens is 208 g/mol. The molecule has 0 spiro atoms. The van der Waals surface area contributed by atoms with Gasteiger partial charge in [-0.1, -0.05) is 6.92 Å². The number of aryl methyl sites for hydroxylation is 1. The Bertz CT molecular complexity index is 325. The van der Waals surface area contributed by atoms with Crippen molar-refractivity contribution in [3.05, 3.63) is 5.82 Å². The molecule has 84 valence electrons. The van der Waals surface area contributed by atoms with Gasteiger partial charge in [-0.05, 0) is 13.8 Å². The van der Waals surface area contributed by atoms with E-state index < -0.39 is 0 Å². The zero-order valence-electron chi connectivity index (χ0n) is 9.53. The molecule has 1 aromatic heterocycles. The predicted molar refractivity (Wildman–Crippen MR) is 63.6 cm³/mol. The molecule has 1 aliphatic rings. The topological polar surface area (TPSA) is 41.1 Å². The highest BCUT2D eigenvalue weighted by Crippen LogP contribution is 2.21. The number of hydrogen-bond donors (Lipinski definition) is 1. The lowest BCUT2D eigenvalue weighted by molar-refractivity contribution is 0.424. The second-order valence-corrected chi connectivity index (χ2v) is 4.89. The summed E-state index contributed by atoms with van der Waals surface area (Å²) in [5.74, 6) is 0.966. The number of aromatic nitrogens is 2. The van der Waals surface area contributed by atoms with E-state index in [4.69, 9.17) is 0 Å². The summed E-state index contributed by atoms with van der Waals surface area (Å²) in [5.41, 5.74) is 0. The van der Waals surface area contributed by atoms with E-state index in [1.807, 2.05) is 0 Å². The van der Waals surface area contributed by atoms with E-state index in [2.05, 4.69) is 40.3 Å². The summed E-state index contributed by atoms with van der Waals surface area (Å²) in [6, 6.07) is 1.05. The Hall–Kier alpha value is -0.680. The van der Waals surface area contributed by atoms with Gasteiger partial charge in [-0.2, -0.15) is 4.37 Å². The molecule has 2 rings (SSSR count). The van der Waals surface area contributed by atoms with Crippen LogP contribution in [-0.2, 0) is 6.42 Å². The fourth-order valence-electron chi connectivity index (χ4n) is 1.79. The summed E-state index contributed by atoms with van der Waals surface area (Å²) in [5, 5.41) is 4.54. The lowest BCUT2D eigenvalue weighted by atomic mass is 10.1. The Labute approximate surface area is 94.9 Å². The number of rotatable bonds is 2. The first kappa shape index (κ1) is 10.8. The van der Waals surface area contributed by atoms with Crippen molar-refractivity contribution in [1.82, 2.24) is 14.7 Å². The van der Waals surface area contributed by atoms with Gasteiger partial charge in [0.05, 0.1) is 0 Å². The molecule has 0 saturated carbocycles. The van der Waals surface area contributed by atoms with E-state index in [0.29, 0.717) is 12.1 Å². The molecule has 0 amide bonds. The van der Waals surface area contributed by atoms with Gasteiger partial charge in [0.25, 0.3) is 0 Å². The first-order valence-corrected chi connectivity index (χ1v) is 6.30. The molecule has 15 heavy (non-hydrogen) atoms. The van der Waals surface area contributed by atoms with E-state index in [1.165, 1.54) is 11.5 Å². The molecule has 0 radical (unpaired) electrons. The summed E-state index contributed by atoms with van der Waals surface area (Å²) in [4.78, 5) is 6.90. The van der Waals surface area contributed by atoms with Crippen LogP contribution in [0, 0.1) is 0 Å². The summed E-state index contributed by atoms with van der Waals surface area (Å²) >= 11 is 1.52. The number of nitrogens with zero attached hydrogens (tertiary/aromatic N) is 3. The van der Waals surface area contributed by atoms with Crippen molar-refractivity contribution in [2.24, 2.45) is 0 Å². The van der Waals surface area contributed by atoms with E-state index in [0.717, 1.165) is 30.5 Å². The minimum absolute atomic E-state index is 0.513. The van der Waals surface area contributed by atoms with Gasteiger partial charge in [0.1, 0.15) is 5.82 Å². The molecule has 1 saturated heterocycles. The van der Waals surface area contributed by atoms with Crippen LogP contribution in [0.3, 0.4) is 0 Å². The maximum Gasteiger partial charge on any atom is 0.205 e. The van der Waals surface area contributed by atoms with Crippen LogP contribution >= 0.6 is 11.5 Å². The Kier molecular flexibility index (Phi) is 3.21. The van der Waals surface area contributed by atoms with Gasteiger partial charge < -0.3 is 10.2 Å². The van der Waals surface area contributed by atoms with Crippen molar-refractivity contribution in [3.63, 3.8) is 0 Å². The highest BCUT2D eigenvalue weighted by molar-refractivity contribution is 7.09. The van der Waals surface area contributed by atoms with E-state index in [9.17, 15) is 0 Å². The normalized spacial score (nSPS) is 27.0. The van der Waals surface area contributed by atoms with Gasteiger partial charge in [-0.15, -0.1) is 0 Å². The Balaban J connectivity index is 2.13. The van der Waals surface area contributed by atoms with Gasteiger partial charge in [-0.3, -0.25) is 0 Å². The first-order valence-electron chi connectivity index (χ1n) is 5.53. The first-order chi connectivity index (χ1) is 7.20. The highest BCUT2D eigenvalue weighted by Gasteiger charge is 2.24. The summed E-state index contributed by atoms with van der Waals surface area (Å²) in [6.45, 7) is 8.59. The fourth-order valence-corrected chi connectivity index (χ4v) is 2.66. The van der Waals surface area contributed by atoms with Gasteiger partial charge in [0.2, 0.25) is 5.13 Å². The summed E-state index contributed by atoms with van der Waals surface area (Å²) in [7, 11) is 0. The summed E-state index contributed by atoms with van der Waals surface area (Å²) < 4.78 is 4.34. The molecule has 0 aliphatic carbocycles. The van der Waals surface area contributed by atoms with Crippen molar-refractivity contribution in [3.8, 4) is 0 Å². The quantitative estimate of drug-likeness (QED) is 0.825. The molecule has 2 unspecified atom stereocenters. The van der Waals surface area contributed by atoms with Crippen LogP contribution in [0.25, 0.3) is 0 Å². The number of piperazine rings is 1. The lowest BCUT2D eigenvalue weighted by Crippen LogP contribution is -2.54. The monoisotopic (exact) mass is 226 g/mol. The average Bonchev–Trinajstić information content (AvgIpc) is 2.70. The molecule has 1 N–H and O–H groups in total. The van der Waals surface area contributed by atoms with Crippen molar-refractivity contribution in [1.29, 1.82) is 0 Å².